The van der Waals surface area contributed by atoms with Crippen LogP contribution in [0.3, 0.4) is 0 Å². The first-order valence-electron chi connectivity index (χ1n) is 8.24. The highest BCUT2D eigenvalue weighted by molar-refractivity contribution is 7.68. The van der Waals surface area contributed by atoms with Gasteiger partial charge in [0.2, 0.25) is 5.95 Å². The van der Waals surface area contributed by atoms with Gasteiger partial charge >= 0.3 is 0 Å². The summed E-state index contributed by atoms with van der Waals surface area (Å²) in [7, 11) is -2.22. The molecule has 1 aliphatic carbocycles. The lowest BCUT2D eigenvalue weighted by molar-refractivity contribution is 0.281. The molecule has 1 saturated carbocycles. The molecule has 1 aromatic carbocycles. The van der Waals surface area contributed by atoms with Crippen LogP contribution in [-0.4, -0.2) is 32.3 Å². The van der Waals surface area contributed by atoms with Crippen LogP contribution in [0, 0.1) is 0 Å². The first-order valence-corrected chi connectivity index (χ1v) is 9.31. The molecule has 0 bridgehead atoms. The molecule has 3 rings (SSSR count). The van der Waals surface area contributed by atoms with Crippen molar-refractivity contribution in [3.05, 3.63) is 36.0 Å². The molecule has 2 aromatic rings. The molecule has 0 spiro atoms. The number of nitrogens with one attached hydrogen (secondary N) is 3. The Labute approximate surface area is 153 Å². The standard InChI is InChI=1S/C16H21N6O3S/c1-10(9-23)17-16-18-14(11-2-3-11)8-15(19-16)21-20-12-4-6-13(7-5-12)22-26(24)25/h4-8,10-11,20,23H,2-3,9H2,1H3,(H,22,24,25)(H2,17,18,19,21)/q-1/t10-/m0/s1. The number of hydrogen-bond acceptors (Lipinski definition) is 9. The van der Waals surface area contributed by atoms with E-state index in [-0.39, 0.29) is 12.6 Å². The smallest absolute Gasteiger partial charge is 0.225 e. The van der Waals surface area contributed by atoms with Crippen molar-refractivity contribution in [2.24, 2.45) is 4.36 Å². The third-order valence-corrected chi connectivity index (χ3v) is 4.14. The number of hydrogen-bond donors (Lipinski definition) is 5. The van der Waals surface area contributed by atoms with Crippen LogP contribution in [0.5, 0.6) is 0 Å². The fourth-order valence-corrected chi connectivity index (χ4v) is 2.58. The highest BCUT2D eigenvalue weighted by Crippen LogP contribution is 2.39. The molecule has 1 heterocycles. The lowest BCUT2D eigenvalue weighted by Gasteiger charge is -2.15. The first-order chi connectivity index (χ1) is 12.5. The van der Waals surface area contributed by atoms with Crippen LogP contribution in [-0.2, 0) is 15.1 Å². The van der Waals surface area contributed by atoms with Gasteiger partial charge in [0, 0.05) is 23.7 Å². The number of hydrazine groups is 1. The molecule has 0 saturated heterocycles. The van der Waals surface area contributed by atoms with Crippen LogP contribution < -0.4 is 16.2 Å². The summed E-state index contributed by atoms with van der Waals surface area (Å²) in [5.41, 5.74) is 8.19. The van der Waals surface area contributed by atoms with Crippen molar-refractivity contribution in [1.82, 2.24) is 9.97 Å². The van der Waals surface area contributed by atoms with Crippen LogP contribution >= 0.6 is 0 Å². The number of anilines is 3. The summed E-state index contributed by atoms with van der Waals surface area (Å²) in [5, 5.41) is 12.3. The van der Waals surface area contributed by atoms with Crippen molar-refractivity contribution in [1.29, 1.82) is 0 Å². The van der Waals surface area contributed by atoms with Gasteiger partial charge in [-0.15, -0.1) is 0 Å². The van der Waals surface area contributed by atoms with Gasteiger partial charge in [0.15, 0.2) is 0 Å². The van der Waals surface area contributed by atoms with Crippen molar-refractivity contribution in [3.8, 4) is 0 Å². The molecule has 1 fully saturated rings. The van der Waals surface area contributed by atoms with Gasteiger partial charge in [0.1, 0.15) is 5.82 Å². The average molecular weight is 377 g/mol. The van der Waals surface area contributed by atoms with Gasteiger partial charge < -0.3 is 23.5 Å². The van der Waals surface area contributed by atoms with E-state index < -0.39 is 10.9 Å². The fourth-order valence-electron chi connectivity index (χ4n) is 2.28. The van der Waals surface area contributed by atoms with E-state index in [1.54, 1.807) is 24.3 Å². The molecule has 9 nitrogen and oxygen atoms in total. The van der Waals surface area contributed by atoms with Crippen molar-refractivity contribution >= 4 is 34.0 Å². The number of aromatic nitrogens is 2. The maximum Gasteiger partial charge on any atom is 0.225 e. The third kappa shape index (κ3) is 5.28. The molecule has 1 aromatic heterocycles. The van der Waals surface area contributed by atoms with Crippen LogP contribution in [0.2, 0.25) is 0 Å². The lowest BCUT2D eigenvalue weighted by Crippen LogP contribution is -2.22. The van der Waals surface area contributed by atoms with Crippen LogP contribution in [0.25, 0.3) is 0 Å². The molecular weight excluding hydrogens is 356 g/mol. The summed E-state index contributed by atoms with van der Waals surface area (Å²) in [4.78, 5) is 8.92. The van der Waals surface area contributed by atoms with E-state index in [0.717, 1.165) is 24.2 Å². The van der Waals surface area contributed by atoms with E-state index in [9.17, 15) is 9.32 Å². The monoisotopic (exact) mass is 377 g/mol. The molecular formula is C16H21N6O3S-. The molecule has 1 aliphatic rings. The summed E-state index contributed by atoms with van der Waals surface area (Å²) < 4.78 is 23.0. The van der Waals surface area contributed by atoms with E-state index in [2.05, 4.69) is 30.5 Å². The van der Waals surface area contributed by atoms with E-state index in [0.29, 0.717) is 23.4 Å². The Kier molecular flexibility index (Phi) is 5.86. The normalized spacial score (nSPS) is 16.1. The van der Waals surface area contributed by atoms with E-state index in [1.807, 2.05) is 13.0 Å². The molecule has 5 N–H and O–H groups in total. The van der Waals surface area contributed by atoms with Gasteiger partial charge in [-0.25, -0.2) is 4.98 Å². The van der Waals surface area contributed by atoms with Crippen molar-refractivity contribution in [3.63, 3.8) is 0 Å². The van der Waals surface area contributed by atoms with Crippen LogP contribution in [0.15, 0.2) is 34.7 Å². The first kappa shape index (κ1) is 18.4. The molecule has 1 atom stereocenters. The molecule has 0 aliphatic heterocycles. The average Bonchev–Trinajstić information content (AvgIpc) is 3.45. The van der Waals surface area contributed by atoms with Crippen molar-refractivity contribution in [2.75, 3.05) is 22.8 Å². The largest absolute Gasteiger partial charge is 0.454 e. The topological polar surface area (TPSA) is 132 Å². The zero-order valence-electron chi connectivity index (χ0n) is 14.2. The SMILES string of the molecule is C[C@@H](CO)Nc1nc(NNc2ccc(N=[S-](=O)O)cc2)cc(C2CC2)n1. The predicted molar refractivity (Wildman–Crippen MR) is 101 cm³/mol. The van der Waals surface area contributed by atoms with Gasteiger partial charge in [-0.1, -0.05) is 10.9 Å². The summed E-state index contributed by atoms with van der Waals surface area (Å²) >= 11 is 0. The van der Waals surface area contributed by atoms with Gasteiger partial charge in [0.05, 0.1) is 18.0 Å². The second kappa shape index (κ2) is 8.30. The quantitative estimate of drug-likeness (QED) is 0.269. The molecule has 0 unspecified atom stereocenters. The minimum atomic E-state index is -2.22. The summed E-state index contributed by atoms with van der Waals surface area (Å²) in [6.45, 7) is 1.85. The minimum absolute atomic E-state index is 0.00589. The number of nitrogens with zero attached hydrogens (tertiary/aromatic N) is 3. The Bertz CT molecular complexity index is 834. The summed E-state index contributed by atoms with van der Waals surface area (Å²) in [6.07, 6.45) is 2.24. The number of benzene rings is 1. The number of rotatable bonds is 8. The van der Waals surface area contributed by atoms with Gasteiger partial charge in [-0.3, -0.25) is 10.9 Å². The third-order valence-electron chi connectivity index (χ3n) is 3.78. The van der Waals surface area contributed by atoms with Crippen molar-refractivity contribution in [2.45, 2.75) is 31.7 Å². The van der Waals surface area contributed by atoms with E-state index >= 15 is 0 Å². The Morgan fingerprint density at radius 3 is 2.62 bits per heavy atom. The second-order valence-corrected chi connectivity index (χ2v) is 6.77. The molecule has 0 amide bonds. The fraction of sp³-hybridized carbons (Fsp3) is 0.375. The zero-order valence-corrected chi connectivity index (χ0v) is 15.0. The highest BCUT2D eigenvalue weighted by Gasteiger charge is 2.26. The molecule has 140 valence electrons. The highest BCUT2D eigenvalue weighted by atomic mass is 32.2. The lowest BCUT2D eigenvalue weighted by atomic mass is 10.3. The summed E-state index contributed by atoms with van der Waals surface area (Å²) in [6, 6.07) is 8.48. The van der Waals surface area contributed by atoms with Gasteiger partial charge in [0.25, 0.3) is 0 Å². The van der Waals surface area contributed by atoms with E-state index in [4.69, 9.17) is 4.55 Å². The molecule has 26 heavy (non-hydrogen) atoms. The van der Waals surface area contributed by atoms with Gasteiger partial charge in [-0.2, -0.15) is 4.98 Å². The Balaban J connectivity index is 1.70. The summed E-state index contributed by atoms with van der Waals surface area (Å²) in [5.74, 6) is 1.54. The maximum atomic E-state index is 10.7. The predicted octanol–water partition coefficient (Wildman–Crippen LogP) is 2.84. The second-order valence-electron chi connectivity index (χ2n) is 6.12. The number of aliphatic hydroxyl groups excluding tert-OH is 1. The maximum absolute atomic E-state index is 10.7. The zero-order chi connectivity index (χ0) is 18.5. The van der Waals surface area contributed by atoms with Crippen LogP contribution in [0.4, 0.5) is 23.1 Å². The Morgan fingerprint density at radius 2 is 2.00 bits per heavy atom. The van der Waals surface area contributed by atoms with Crippen LogP contribution in [0.1, 0.15) is 31.4 Å². The number of aliphatic hydroxyl groups is 1. The van der Waals surface area contributed by atoms with E-state index in [1.165, 1.54) is 0 Å². The molecule has 10 heteroatoms. The van der Waals surface area contributed by atoms with Gasteiger partial charge in [-0.05, 0) is 44.0 Å². The molecule has 0 radical (unpaired) electrons. The Morgan fingerprint density at radius 1 is 1.27 bits per heavy atom. The minimum Gasteiger partial charge on any atom is -0.454 e. The Hall–Kier alpha value is -2.43. The van der Waals surface area contributed by atoms with Crippen molar-refractivity contribution < 1.29 is 13.9 Å².